The molecule has 0 saturated heterocycles. The molecule has 1 saturated carbocycles. The van der Waals surface area contributed by atoms with E-state index in [0.29, 0.717) is 6.10 Å². The van der Waals surface area contributed by atoms with Crippen molar-refractivity contribution in [2.24, 2.45) is 0 Å². The average molecular weight is 308 g/mol. The Labute approximate surface area is 130 Å². The summed E-state index contributed by atoms with van der Waals surface area (Å²) in [6, 6.07) is -0.0136. The van der Waals surface area contributed by atoms with E-state index in [2.05, 4.69) is 5.32 Å². The summed E-state index contributed by atoms with van der Waals surface area (Å²) in [5, 5.41) is 4.05. The molecule has 1 aromatic heterocycles. The monoisotopic (exact) mass is 308 g/mol. The second-order valence-electron chi connectivity index (χ2n) is 6.14. The second kappa shape index (κ2) is 6.88. The van der Waals surface area contributed by atoms with Gasteiger partial charge in [0.2, 0.25) is 5.91 Å². The second-order valence-corrected chi connectivity index (χ2v) is 7.25. The number of fused-ring (bicyclic) bond motifs is 1. The molecule has 1 heterocycles. The van der Waals surface area contributed by atoms with E-state index in [1.54, 1.807) is 11.3 Å². The molecule has 1 aromatic rings. The first kappa shape index (κ1) is 15.0. The number of carbonyl (C=O) groups is 1. The van der Waals surface area contributed by atoms with Crippen LogP contribution in [0.3, 0.4) is 0 Å². The zero-order valence-electron chi connectivity index (χ0n) is 12.7. The van der Waals surface area contributed by atoms with Crippen LogP contribution in [-0.2, 0) is 22.4 Å². The van der Waals surface area contributed by atoms with Crippen molar-refractivity contribution in [2.45, 2.75) is 70.4 Å². The van der Waals surface area contributed by atoms with Crippen LogP contribution in [0.4, 0.5) is 0 Å². The first-order valence-corrected chi connectivity index (χ1v) is 8.93. The molecule has 1 N–H and O–H groups in total. The Morgan fingerprint density at radius 2 is 2.10 bits per heavy atom. The predicted octanol–water partition coefficient (Wildman–Crippen LogP) is 3.16. The van der Waals surface area contributed by atoms with E-state index in [1.807, 2.05) is 6.92 Å². The Morgan fingerprint density at radius 1 is 1.33 bits per heavy atom. The fourth-order valence-electron chi connectivity index (χ4n) is 3.15. The molecule has 0 radical (unpaired) electrons. The van der Waals surface area contributed by atoms with E-state index in [-0.39, 0.29) is 18.6 Å². The minimum atomic E-state index is -0.0254. The number of ether oxygens (including phenoxy) is 1. The zero-order valence-corrected chi connectivity index (χ0v) is 13.5. The van der Waals surface area contributed by atoms with Gasteiger partial charge in [-0.1, -0.05) is 12.8 Å². The molecule has 2 aliphatic rings. The van der Waals surface area contributed by atoms with E-state index in [4.69, 9.17) is 9.72 Å². The Morgan fingerprint density at radius 3 is 2.86 bits per heavy atom. The van der Waals surface area contributed by atoms with Gasteiger partial charge in [-0.2, -0.15) is 0 Å². The Balaban J connectivity index is 1.49. The van der Waals surface area contributed by atoms with Crippen LogP contribution in [-0.4, -0.2) is 23.6 Å². The molecule has 2 aliphatic carbocycles. The molecule has 0 unspecified atom stereocenters. The van der Waals surface area contributed by atoms with Gasteiger partial charge in [0, 0.05) is 4.88 Å². The smallest absolute Gasteiger partial charge is 0.246 e. The van der Waals surface area contributed by atoms with Gasteiger partial charge in [0.25, 0.3) is 0 Å². The van der Waals surface area contributed by atoms with Crippen LogP contribution in [0.2, 0.25) is 0 Å². The molecular formula is C16H24N2O2S. The van der Waals surface area contributed by atoms with Crippen molar-refractivity contribution < 1.29 is 9.53 Å². The molecule has 0 bridgehead atoms. The molecule has 5 heteroatoms. The molecule has 1 amide bonds. The number of aromatic nitrogens is 1. The van der Waals surface area contributed by atoms with E-state index >= 15 is 0 Å². The van der Waals surface area contributed by atoms with Crippen LogP contribution < -0.4 is 5.32 Å². The van der Waals surface area contributed by atoms with Gasteiger partial charge in [-0.25, -0.2) is 4.98 Å². The highest BCUT2D eigenvalue weighted by Gasteiger charge is 2.21. The molecule has 0 aliphatic heterocycles. The summed E-state index contributed by atoms with van der Waals surface area (Å²) in [5.41, 5.74) is 1.25. The Bertz CT molecular complexity index is 471. The fourth-order valence-corrected chi connectivity index (χ4v) is 4.31. The normalized spacial score (nSPS) is 20.2. The summed E-state index contributed by atoms with van der Waals surface area (Å²) in [6.45, 7) is 2.19. The summed E-state index contributed by atoms with van der Waals surface area (Å²) < 4.78 is 5.65. The number of hydrogen-bond donors (Lipinski definition) is 1. The highest BCUT2D eigenvalue weighted by Crippen LogP contribution is 2.29. The Kier molecular flexibility index (Phi) is 4.91. The van der Waals surface area contributed by atoms with Crippen LogP contribution >= 0.6 is 11.3 Å². The lowest BCUT2D eigenvalue weighted by Crippen LogP contribution is -2.31. The molecule has 116 valence electrons. The SMILES string of the molecule is C[C@H](NC(=O)COC1CCCC1)c1nc2c(s1)CCCC2. The van der Waals surface area contributed by atoms with Crippen LogP contribution in [0.5, 0.6) is 0 Å². The lowest BCUT2D eigenvalue weighted by molar-refractivity contribution is -0.128. The van der Waals surface area contributed by atoms with Gasteiger partial charge in [-0.05, 0) is 45.4 Å². The van der Waals surface area contributed by atoms with Gasteiger partial charge < -0.3 is 10.1 Å². The number of thiazole rings is 1. The van der Waals surface area contributed by atoms with Gasteiger partial charge in [-0.15, -0.1) is 11.3 Å². The van der Waals surface area contributed by atoms with Crippen molar-refractivity contribution in [3.63, 3.8) is 0 Å². The van der Waals surface area contributed by atoms with Crippen molar-refractivity contribution >= 4 is 17.2 Å². The lowest BCUT2D eigenvalue weighted by Gasteiger charge is -2.14. The first-order valence-electron chi connectivity index (χ1n) is 8.12. The van der Waals surface area contributed by atoms with Crippen molar-refractivity contribution in [3.8, 4) is 0 Å². The van der Waals surface area contributed by atoms with E-state index in [1.165, 1.54) is 36.3 Å². The van der Waals surface area contributed by atoms with Gasteiger partial charge in [-0.3, -0.25) is 4.79 Å². The van der Waals surface area contributed by atoms with Crippen molar-refractivity contribution in [3.05, 3.63) is 15.6 Å². The zero-order chi connectivity index (χ0) is 14.7. The van der Waals surface area contributed by atoms with Crippen molar-refractivity contribution in [2.75, 3.05) is 6.61 Å². The third kappa shape index (κ3) is 3.83. The van der Waals surface area contributed by atoms with Crippen LogP contribution in [0, 0.1) is 0 Å². The highest BCUT2D eigenvalue weighted by molar-refractivity contribution is 7.11. The maximum absolute atomic E-state index is 12.0. The van der Waals surface area contributed by atoms with Gasteiger partial charge in [0.15, 0.2) is 0 Å². The number of carbonyl (C=O) groups excluding carboxylic acids is 1. The minimum absolute atomic E-state index is 0.0136. The molecule has 3 rings (SSSR count). The molecule has 1 atom stereocenters. The number of rotatable bonds is 5. The summed E-state index contributed by atoms with van der Waals surface area (Å²) >= 11 is 1.76. The van der Waals surface area contributed by atoms with Gasteiger partial charge >= 0.3 is 0 Å². The maximum Gasteiger partial charge on any atom is 0.246 e. The lowest BCUT2D eigenvalue weighted by atomic mass is 10.0. The molecule has 0 aromatic carbocycles. The predicted molar refractivity (Wildman–Crippen MR) is 83.5 cm³/mol. The third-order valence-corrected chi connectivity index (χ3v) is 5.70. The molecule has 0 spiro atoms. The number of nitrogens with zero attached hydrogens (tertiary/aromatic N) is 1. The molecular weight excluding hydrogens is 284 g/mol. The third-order valence-electron chi connectivity index (χ3n) is 4.36. The highest BCUT2D eigenvalue weighted by atomic mass is 32.1. The maximum atomic E-state index is 12.0. The van der Waals surface area contributed by atoms with Crippen molar-refractivity contribution in [1.82, 2.24) is 10.3 Å². The summed E-state index contributed by atoms with van der Waals surface area (Å²) in [6.07, 6.45) is 9.70. The fraction of sp³-hybridized carbons (Fsp3) is 0.750. The van der Waals surface area contributed by atoms with Crippen LogP contribution in [0.25, 0.3) is 0 Å². The standard InChI is InChI=1S/C16H24N2O2S/c1-11(16-18-13-8-4-5-9-14(13)21-16)17-15(19)10-20-12-6-2-3-7-12/h11-12H,2-10H2,1H3,(H,17,19)/t11-/m0/s1. The summed E-state index contributed by atoms with van der Waals surface area (Å²) in [5.74, 6) is -0.0254. The van der Waals surface area contributed by atoms with Crippen molar-refractivity contribution in [1.29, 1.82) is 0 Å². The molecule has 4 nitrogen and oxygen atoms in total. The number of nitrogens with one attached hydrogen (secondary N) is 1. The topological polar surface area (TPSA) is 51.2 Å². The van der Waals surface area contributed by atoms with E-state index < -0.39 is 0 Å². The Hall–Kier alpha value is -0.940. The van der Waals surface area contributed by atoms with Crippen LogP contribution in [0.1, 0.15) is 67.1 Å². The number of aryl methyl sites for hydroxylation is 2. The molecule has 21 heavy (non-hydrogen) atoms. The number of hydrogen-bond acceptors (Lipinski definition) is 4. The average Bonchev–Trinajstić information content (AvgIpc) is 3.14. The first-order chi connectivity index (χ1) is 10.2. The van der Waals surface area contributed by atoms with Crippen LogP contribution in [0.15, 0.2) is 0 Å². The summed E-state index contributed by atoms with van der Waals surface area (Å²) in [4.78, 5) is 18.1. The van der Waals surface area contributed by atoms with Gasteiger partial charge in [0.05, 0.1) is 17.8 Å². The molecule has 1 fully saturated rings. The van der Waals surface area contributed by atoms with E-state index in [0.717, 1.165) is 30.7 Å². The van der Waals surface area contributed by atoms with E-state index in [9.17, 15) is 4.79 Å². The van der Waals surface area contributed by atoms with Gasteiger partial charge in [0.1, 0.15) is 11.6 Å². The largest absolute Gasteiger partial charge is 0.368 e. The minimum Gasteiger partial charge on any atom is -0.368 e. The summed E-state index contributed by atoms with van der Waals surface area (Å²) in [7, 11) is 0. The quantitative estimate of drug-likeness (QED) is 0.909. The number of amides is 1.